The number of esters is 1. The summed E-state index contributed by atoms with van der Waals surface area (Å²) >= 11 is 0. The van der Waals surface area contributed by atoms with E-state index >= 15 is 0 Å². The predicted molar refractivity (Wildman–Crippen MR) is 67.9 cm³/mol. The Morgan fingerprint density at radius 3 is 2.31 bits per heavy atom. The van der Waals surface area contributed by atoms with Crippen molar-refractivity contribution in [1.29, 1.82) is 0 Å². The van der Waals surface area contributed by atoms with E-state index in [-0.39, 0.29) is 5.97 Å². The Labute approximate surface area is 98.7 Å². The molecule has 0 N–H and O–H groups in total. The van der Waals surface area contributed by atoms with Crippen molar-refractivity contribution in [2.45, 2.75) is 46.0 Å². The first-order valence-electron chi connectivity index (χ1n) is 5.91. The first-order chi connectivity index (χ1) is 7.77. The van der Waals surface area contributed by atoms with Crippen molar-refractivity contribution in [1.82, 2.24) is 0 Å². The molecule has 0 aromatic rings. The summed E-state index contributed by atoms with van der Waals surface area (Å²) in [4.78, 5) is 10.4. The average Bonchev–Trinajstić information content (AvgIpc) is 2.25. The monoisotopic (exact) mass is 222 g/mol. The van der Waals surface area contributed by atoms with Crippen LogP contribution in [-0.4, -0.2) is 5.97 Å². The first kappa shape index (κ1) is 14.7. The molecule has 0 saturated heterocycles. The predicted octanol–water partition coefficient (Wildman–Crippen LogP) is 4.15. The van der Waals surface area contributed by atoms with Gasteiger partial charge in [0.25, 0.3) is 0 Å². The van der Waals surface area contributed by atoms with Crippen LogP contribution in [0.25, 0.3) is 0 Å². The molecule has 2 nitrogen and oxygen atoms in total. The molecule has 0 bridgehead atoms. The van der Waals surface area contributed by atoms with Gasteiger partial charge in [0, 0.05) is 6.92 Å². The lowest BCUT2D eigenvalue weighted by Crippen LogP contribution is -1.89. The number of hydrogen-bond acceptors (Lipinski definition) is 2. The maximum atomic E-state index is 10.4. The zero-order chi connectivity index (χ0) is 12.1. The Morgan fingerprint density at radius 2 is 1.69 bits per heavy atom. The molecule has 90 valence electrons. The fraction of sp³-hybridized carbons (Fsp3) is 0.500. The molecule has 0 aromatic heterocycles. The standard InChI is InChI=1S/C14H22O2/c1-3-4-5-6-7-8-9-10-11-12-13-16-14(2)15/h4-7,12-13H,3,8-11H2,1-2H3/b5-4+,7-6+,13-12?. The lowest BCUT2D eigenvalue weighted by atomic mass is 10.2. The smallest absolute Gasteiger partial charge is 0.307 e. The van der Waals surface area contributed by atoms with Crippen LogP contribution in [0.4, 0.5) is 0 Å². The molecule has 0 aliphatic heterocycles. The van der Waals surface area contributed by atoms with Gasteiger partial charge >= 0.3 is 5.97 Å². The van der Waals surface area contributed by atoms with Crippen LogP contribution < -0.4 is 0 Å². The summed E-state index contributed by atoms with van der Waals surface area (Å²) in [7, 11) is 0. The zero-order valence-corrected chi connectivity index (χ0v) is 10.3. The summed E-state index contributed by atoms with van der Waals surface area (Å²) < 4.78 is 4.67. The molecule has 0 saturated carbocycles. The number of rotatable bonds is 8. The van der Waals surface area contributed by atoms with Gasteiger partial charge in [0.2, 0.25) is 0 Å². The third-order valence-corrected chi connectivity index (χ3v) is 1.94. The van der Waals surface area contributed by atoms with E-state index in [9.17, 15) is 4.79 Å². The van der Waals surface area contributed by atoms with Crippen molar-refractivity contribution >= 4 is 5.97 Å². The van der Waals surface area contributed by atoms with E-state index in [0.29, 0.717) is 0 Å². The van der Waals surface area contributed by atoms with E-state index in [4.69, 9.17) is 0 Å². The molecule has 16 heavy (non-hydrogen) atoms. The van der Waals surface area contributed by atoms with Crippen molar-refractivity contribution in [2.75, 3.05) is 0 Å². The van der Waals surface area contributed by atoms with Gasteiger partial charge in [0.15, 0.2) is 0 Å². The molecule has 0 unspecified atom stereocenters. The first-order valence-corrected chi connectivity index (χ1v) is 5.91. The van der Waals surface area contributed by atoms with Crippen LogP contribution >= 0.6 is 0 Å². The van der Waals surface area contributed by atoms with Crippen LogP contribution in [0.2, 0.25) is 0 Å². The topological polar surface area (TPSA) is 26.3 Å². The minimum absolute atomic E-state index is 0.262. The molecule has 0 aliphatic rings. The zero-order valence-electron chi connectivity index (χ0n) is 10.3. The molecule has 2 heteroatoms. The Kier molecular flexibility index (Phi) is 10.8. The summed E-state index contributed by atoms with van der Waals surface area (Å²) in [6.45, 7) is 3.53. The highest BCUT2D eigenvalue weighted by molar-refractivity contribution is 5.66. The Bertz CT molecular complexity index is 249. The van der Waals surface area contributed by atoms with Crippen molar-refractivity contribution in [3.63, 3.8) is 0 Å². The van der Waals surface area contributed by atoms with Crippen molar-refractivity contribution in [3.05, 3.63) is 36.6 Å². The summed E-state index contributed by atoms with van der Waals surface area (Å²) in [5, 5.41) is 0. The lowest BCUT2D eigenvalue weighted by Gasteiger charge is -1.93. The number of allylic oxidation sites excluding steroid dienone is 5. The third kappa shape index (κ3) is 12.7. The highest BCUT2D eigenvalue weighted by Gasteiger charge is 1.86. The van der Waals surface area contributed by atoms with Gasteiger partial charge in [-0.2, -0.15) is 0 Å². The summed E-state index contributed by atoms with van der Waals surface area (Å²) in [6, 6.07) is 0. The highest BCUT2D eigenvalue weighted by Crippen LogP contribution is 2.02. The highest BCUT2D eigenvalue weighted by atomic mass is 16.5. The van der Waals surface area contributed by atoms with E-state index in [0.717, 1.165) is 25.7 Å². The van der Waals surface area contributed by atoms with Crippen LogP contribution in [-0.2, 0) is 9.53 Å². The molecular formula is C14H22O2. The molecule has 0 radical (unpaired) electrons. The number of ether oxygens (including phenoxy) is 1. The lowest BCUT2D eigenvalue weighted by molar-refractivity contribution is -0.135. The molecule has 0 amide bonds. The average molecular weight is 222 g/mol. The van der Waals surface area contributed by atoms with Crippen LogP contribution in [0.5, 0.6) is 0 Å². The molecule has 0 fully saturated rings. The largest absolute Gasteiger partial charge is 0.435 e. The second kappa shape index (κ2) is 11.8. The number of hydrogen-bond donors (Lipinski definition) is 0. The maximum Gasteiger partial charge on any atom is 0.307 e. The van der Waals surface area contributed by atoms with Gasteiger partial charge < -0.3 is 4.74 Å². The number of carbonyl (C=O) groups excluding carboxylic acids is 1. The fourth-order valence-corrected chi connectivity index (χ4v) is 1.13. The van der Waals surface area contributed by atoms with Crippen LogP contribution in [0.3, 0.4) is 0 Å². The van der Waals surface area contributed by atoms with Crippen molar-refractivity contribution < 1.29 is 9.53 Å². The SMILES string of the molecule is CC/C=C/C=C/CCCCC=COC(C)=O. The molecule has 0 aliphatic carbocycles. The van der Waals surface area contributed by atoms with E-state index in [2.05, 4.69) is 36.0 Å². The molecular weight excluding hydrogens is 200 g/mol. The van der Waals surface area contributed by atoms with Gasteiger partial charge in [-0.25, -0.2) is 0 Å². The Balaban J connectivity index is 3.27. The normalized spacial score (nSPS) is 11.9. The second-order valence-corrected chi connectivity index (χ2v) is 3.53. The molecule has 0 rings (SSSR count). The van der Waals surface area contributed by atoms with Gasteiger partial charge in [-0.1, -0.05) is 31.2 Å². The Morgan fingerprint density at radius 1 is 1.06 bits per heavy atom. The quantitative estimate of drug-likeness (QED) is 0.267. The fourth-order valence-electron chi connectivity index (χ4n) is 1.13. The molecule has 0 heterocycles. The number of unbranched alkanes of at least 4 members (excludes halogenated alkanes) is 3. The molecule has 0 spiro atoms. The minimum Gasteiger partial charge on any atom is -0.435 e. The summed E-state index contributed by atoms with van der Waals surface area (Å²) in [5.41, 5.74) is 0. The van der Waals surface area contributed by atoms with Gasteiger partial charge in [-0.3, -0.25) is 4.79 Å². The molecule has 0 atom stereocenters. The van der Waals surface area contributed by atoms with Gasteiger partial charge in [0.1, 0.15) is 0 Å². The Hall–Kier alpha value is -1.31. The van der Waals surface area contributed by atoms with E-state index in [1.54, 1.807) is 0 Å². The van der Waals surface area contributed by atoms with E-state index < -0.39 is 0 Å². The van der Waals surface area contributed by atoms with Crippen molar-refractivity contribution in [3.8, 4) is 0 Å². The number of carbonyl (C=O) groups is 1. The van der Waals surface area contributed by atoms with Crippen molar-refractivity contribution in [2.24, 2.45) is 0 Å². The summed E-state index contributed by atoms with van der Waals surface area (Å²) in [6.07, 6.45) is 17.3. The van der Waals surface area contributed by atoms with Crippen LogP contribution in [0, 0.1) is 0 Å². The van der Waals surface area contributed by atoms with E-state index in [1.165, 1.54) is 19.6 Å². The second-order valence-electron chi connectivity index (χ2n) is 3.53. The van der Waals surface area contributed by atoms with Gasteiger partial charge in [-0.15, -0.1) is 0 Å². The molecule has 0 aromatic carbocycles. The van der Waals surface area contributed by atoms with Crippen LogP contribution in [0.15, 0.2) is 36.6 Å². The van der Waals surface area contributed by atoms with Gasteiger partial charge in [0.05, 0.1) is 6.26 Å². The minimum atomic E-state index is -0.262. The van der Waals surface area contributed by atoms with Gasteiger partial charge in [-0.05, 0) is 38.2 Å². The van der Waals surface area contributed by atoms with E-state index in [1.807, 2.05) is 6.08 Å². The summed E-state index contributed by atoms with van der Waals surface area (Å²) in [5.74, 6) is -0.262. The third-order valence-electron chi connectivity index (χ3n) is 1.94. The maximum absolute atomic E-state index is 10.4. The van der Waals surface area contributed by atoms with Crippen LogP contribution in [0.1, 0.15) is 46.0 Å².